The maximum Gasteiger partial charge on any atom is 0.253 e. The monoisotopic (exact) mass is 341 g/mol. The third-order valence-electron chi connectivity index (χ3n) is 5.40. The van der Waals surface area contributed by atoms with E-state index in [9.17, 15) is 9.90 Å². The summed E-state index contributed by atoms with van der Waals surface area (Å²) in [7, 11) is 0. The van der Waals surface area contributed by atoms with Gasteiger partial charge in [-0.15, -0.1) is 0 Å². The highest BCUT2D eigenvalue weighted by atomic mass is 16.5. The van der Waals surface area contributed by atoms with Gasteiger partial charge in [-0.1, -0.05) is 0 Å². The Labute approximate surface area is 147 Å². The number of nitrogens with zero attached hydrogens (tertiary/aromatic N) is 3. The summed E-state index contributed by atoms with van der Waals surface area (Å²) in [6, 6.07) is 9.36. The number of hydrogen-bond acceptors (Lipinski definition) is 4. The molecule has 0 saturated carbocycles. The summed E-state index contributed by atoms with van der Waals surface area (Å²) in [5, 5.41) is 14.5. The first kappa shape index (κ1) is 16.3. The van der Waals surface area contributed by atoms with Crippen LogP contribution in [0.1, 0.15) is 36.0 Å². The van der Waals surface area contributed by atoms with Gasteiger partial charge in [0.1, 0.15) is 0 Å². The van der Waals surface area contributed by atoms with Crippen molar-refractivity contribution in [2.24, 2.45) is 0 Å². The summed E-state index contributed by atoms with van der Waals surface area (Å²) in [6.45, 7) is 1.95. The van der Waals surface area contributed by atoms with Crippen LogP contribution in [0.2, 0.25) is 0 Å². The Bertz CT molecular complexity index is 719. The Morgan fingerprint density at radius 1 is 1.24 bits per heavy atom. The lowest BCUT2D eigenvalue weighted by molar-refractivity contribution is -0.174. The molecule has 2 fully saturated rings. The molecule has 2 aliphatic heterocycles. The first-order chi connectivity index (χ1) is 12.2. The summed E-state index contributed by atoms with van der Waals surface area (Å²) < 4.78 is 7.68. The molecule has 1 N–H and O–H groups in total. The zero-order valence-corrected chi connectivity index (χ0v) is 14.2. The predicted octanol–water partition coefficient (Wildman–Crippen LogP) is 2.02. The van der Waals surface area contributed by atoms with Crippen molar-refractivity contribution in [1.29, 1.82) is 0 Å². The van der Waals surface area contributed by atoms with Crippen molar-refractivity contribution in [2.75, 3.05) is 19.7 Å². The van der Waals surface area contributed by atoms with Crippen LogP contribution in [0, 0.1) is 0 Å². The van der Waals surface area contributed by atoms with Crippen molar-refractivity contribution in [3.63, 3.8) is 0 Å². The van der Waals surface area contributed by atoms with Crippen LogP contribution < -0.4 is 0 Å². The molecule has 3 heterocycles. The van der Waals surface area contributed by atoms with E-state index < -0.39 is 11.7 Å². The minimum absolute atomic E-state index is 0.0344. The van der Waals surface area contributed by atoms with Crippen LogP contribution in [0.5, 0.6) is 0 Å². The van der Waals surface area contributed by atoms with Gasteiger partial charge in [0.25, 0.3) is 5.91 Å². The SMILES string of the molecule is O=C(c1ccc(-n2cccn2)cc1)N1CCC2(CC1)OCCCC2O. The maximum absolute atomic E-state index is 12.8. The Hall–Kier alpha value is -2.18. The van der Waals surface area contributed by atoms with Crippen molar-refractivity contribution in [2.45, 2.75) is 37.4 Å². The molecular formula is C19H23N3O3. The van der Waals surface area contributed by atoms with E-state index >= 15 is 0 Å². The lowest BCUT2D eigenvalue weighted by atomic mass is 9.82. The average molecular weight is 341 g/mol. The Kier molecular flexibility index (Phi) is 4.31. The highest BCUT2D eigenvalue weighted by molar-refractivity contribution is 5.94. The highest BCUT2D eigenvalue weighted by Crippen LogP contribution is 2.35. The molecule has 1 unspecified atom stereocenters. The molecule has 1 amide bonds. The van der Waals surface area contributed by atoms with E-state index in [1.807, 2.05) is 41.4 Å². The zero-order chi connectivity index (χ0) is 17.3. The van der Waals surface area contributed by atoms with Crippen LogP contribution in [-0.4, -0.2) is 57.1 Å². The van der Waals surface area contributed by atoms with Gasteiger partial charge >= 0.3 is 0 Å². The van der Waals surface area contributed by atoms with Crippen molar-refractivity contribution in [3.05, 3.63) is 48.3 Å². The number of aliphatic hydroxyl groups excluding tert-OH is 1. The molecule has 6 nitrogen and oxygen atoms in total. The van der Waals surface area contributed by atoms with Crippen molar-refractivity contribution < 1.29 is 14.6 Å². The molecule has 1 aromatic carbocycles. The average Bonchev–Trinajstić information content (AvgIpc) is 3.19. The number of carbonyl (C=O) groups is 1. The second kappa shape index (κ2) is 6.61. The number of hydrogen-bond donors (Lipinski definition) is 1. The molecule has 25 heavy (non-hydrogen) atoms. The van der Waals surface area contributed by atoms with Crippen LogP contribution in [0.3, 0.4) is 0 Å². The number of ether oxygens (including phenoxy) is 1. The number of likely N-dealkylation sites (tertiary alicyclic amines) is 1. The number of benzene rings is 1. The van der Waals surface area contributed by atoms with Gasteiger partial charge in [-0.3, -0.25) is 4.79 Å². The molecule has 1 spiro atoms. The van der Waals surface area contributed by atoms with Crippen LogP contribution in [-0.2, 0) is 4.74 Å². The first-order valence-corrected chi connectivity index (χ1v) is 8.89. The lowest BCUT2D eigenvalue weighted by Crippen LogP contribution is -2.56. The molecular weight excluding hydrogens is 318 g/mol. The molecule has 6 heteroatoms. The van der Waals surface area contributed by atoms with Gasteiger partial charge in [-0.2, -0.15) is 5.10 Å². The highest BCUT2D eigenvalue weighted by Gasteiger charge is 2.44. The normalized spacial score (nSPS) is 22.9. The first-order valence-electron chi connectivity index (χ1n) is 8.89. The van der Waals surface area contributed by atoms with Crippen LogP contribution in [0.25, 0.3) is 5.69 Å². The fourth-order valence-electron chi connectivity index (χ4n) is 3.84. The smallest absolute Gasteiger partial charge is 0.253 e. The lowest BCUT2D eigenvalue weighted by Gasteiger charge is -2.46. The van der Waals surface area contributed by atoms with Crippen LogP contribution >= 0.6 is 0 Å². The maximum atomic E-state index is 12.8. The molecule has 132 valence electrons. The Balaban J connectivity index is 1.42. The summed E-state index contributed by atoms with van der Waals surface area (Å²) in [5.74, 6) is 0.0344. The molecule has 0 aliphatic carbocycles. The van der Waals surface area contributed by atoms with E-state index in [1.165, 1.54) is 0 Å². The van der Waals surface area contributed by atoms with Crippen molar-refractivity contribution >= 4 is 5.91 Å². The Morgan fingerprint density at radius 2 is 2.00 bits per heavy atom. The quantitative estimate of drug-likeness (QED) is 0.907. The fraction of sp³-hybridized carbons (Fsp3) is 0.474. The van der Waals surface area contributed by atoms with Gasteiger partial charge in [-0.25, -0.2) is 4.68 Å². The molecule has 4 rings (SSSR count). The summed E-state index contributed by atoms with van der Waals surface area (Å²) >= 11 is 0. The van der Waals surface area contributed by atoms with Crippen LogP contribution in [0.4, 0.5) is 0 Å². The molecule has 0 radical (unpaired) electrons. The van der Waals surface area contributed by atoms with Gasteiger partial charge in [0, 0.05) is 37.7 Å². The molecule has 2 saturated heterocycles. The fourth-order valence-corrected chi connectivity index (χ4v) is 3.84. The van der Waals surface area contributed by atoms with E-state index in [4.69, 9.17) is 4.74 Å². The third kappa shape index (κ3) is 3.07. The van der Waals surface area contributed by atoms with Gasteiger partial charge in [-0.05, 0) is 56.0 Å². The summed E-state index contributed by atoms with van der Waals surface area (Å²) in [5.41, 5.74) is 1.16. The number of carbonyl (C=O) groups excluding carboxylic acids is 1. The minimum Gasteiger partial charge on any atom is -0.390 e. The molecule has 2 aliphatic rings. The zero-order valence-electron chi connectivity index (χ0n) is 14.2. The number of rotatable bonds is 2. The van der Waals surface area contributed by atoms with E-state index in [2.05, 4.69) is 5.10 Å². The number of aromatic nitrogens is 2. The Morgan fingerprint density at radius 3 is 2.64 bits per heavy atom. The van der Waals surface area contributed by atoms with Crippen molar-refractivity contribution in [1.82, 2.24) is 14.7 Å². The van der Waals surface area contributed by atoms with Gasteiger partial charge in [0.2, 0.25) is 0 Å². The van der Waals surface area contributed by atoms with Crippen molar-refractivity contribution in [3.8, 4) is 5.69 Å². The molecule has 1 atom stereocenters. The predicted molar refractivity (Wildman–Crippen MR) is 92.6 cm³/mol. The molecule has 2 aromatic rings. The second-order valence-electron chi connectivity index (χ2n) is 6.86. The minimum atomic E-state index is -0.445. The summed E-state index contributed by atoms with van der Waals surface area (Å²) in [4.78, 5) is 14.6. The van der Waals surface area contributed by atoms with Gasteiger partial charge < -0.3 is 14.7 Å². The van der Waals surface area contributed by atoms with Gasteiger partial charge in [0.05, 0.1) is 17.4 Å². The number of amides is 1. The third-order valence-corrected chi connectivity index (χ3v) is 5.40. The summed E-state index contributed by atoms with van der Waals surface area (Å²) in [6.07, 6.45) is 6.29. The van der Waals surface area contributed by atoms with E-state index in [1.54, 1.807) is 10.9 Å². The molecule has 1 aromatic heterocycles. The van der Waals surface area contributed by atoms with E-state index in [0.717, 1.165) is 18.5 Å². The number of aliphatic hydroxyl groups is 1. The topological polar surface area (TPSA) is 67.6 Å². The van der Waals surface area contributed by atoms with Crippen LogP contribution in [0.15, 0.2) is 42.7 Å². The number of piperidine rings is 1. The van der Waals surface area contributed by atoms with E-state index in [0.29, 0.717) is 38.1 Å². The second-order valence-corrected chi connectivity index (χ2v) is 6.86. The molecule has 0 bridgehead atoms. The largest absolute Gasteiger partial charge is 0.390 e. The van der Waals surface area contributed by atoms with E-state index in [-0.39, 0.29) is 5.91 Å². The van der Waals surface area contributed by atoms with Gasteiger partial charge in [0.15, 0.2) is 0 Å². The standard InChI is InChI=1S/C19H23N3O3/c23-17-3-1-14-25-19(17)8-12-21(13-9-19)18(24)15-4-6-16(7-5-15)22-11-2-10-20-22/h2,4-7,10-11,17,23H,1,3,8-9,12-14H2.